The monoisotopic (exact) mass is 260 g/mol. The van der Waals surface area contributed by atoms with Gasteiger partial charge >= 0.3 is 0 Å². The van der Waals surface area contributed by atoms with Crippen molar-refractivity contribution < 1.29 is 9.32 Å². The number of hydrogen-bond acceptors (Lipinski definition) is 5. The van der Waals surface area contributed by atoms with E-state index >= 15 is 0 Å². The molecule has 2 aromatic heterocycles. The molecule has 7 nitrogen and oxygen atoms in total. The number of fused-ring (bicyclic) bond motifs is 1. The van der Waals surface area contributed by atoms with Gasteiger partial charge in [-0.05, 0) is 19.4 Å². The number of carbonyl (C=O) groups excluding carboxylic acids is 1. The molecule has 0 spiro atoms. The fourth-order valence-corrected chi connectivity index (χ4v) is 2.18. The van der Waals surface area contributed by atoms with Crippen LogP contribution in [0.4, 0.5) is 0 Å². The SMILES string of the molecule is Cc1noc2c1CCN(C(=O)c1ccc(=O)[nH]n1)C2. The van der Waals surface area contributed by atoms with Crippen LogP contribution in [-0.4, -0.2) is 32.7 Å². The van der Waals surface area contributed by atoms with Gasteiger partial charge in [0.25, 0.3) is 11.5 Å². The standard InChI is InChI=1S/C12H12N4O3/c1-7-8-4-5-16(6-10(8)19-15-7)12(18)9-2-3-11(17)14-13-9/h2-3H,4-6H2,1H3,(H,14,17). The summed E-state index contributed by atoms with van der Waals surface area (Å²) in [6.07, 6.45) is 0.722. The number of aromatic nitrogens is 3. The molecule has 3 rings (SSSR count). The first kappa shape index (κ1) is 11.6. The van der Waals surface area contributed by atoms with Gasteiger partial charge in [0, 0.05) is 18.2 Å². The van der Waals surface area contributed by atoms with Crippen LogP contribution in [0.15, 0.2) is 21.5 Å². The number of aromatic amines is 1. The molecule has 0 aromatic carbocycles. The molecule has 0 radical (unpaired) electrons. The van der Waals surface area contributed by atoms with E-state index in [0.717, 1.165) is 23.4 Å². The van der Waals surface area contributed by atoms with Gasteiger partial charge < -0.3 is 9.42 Å². The topological polar surface area (TPSA) is 92.1 Å². The van der Waals surface area contributed by atoms with E-state index in [1.54, 1.807) is 4.90 Å². The Hall–Kier alpha value is -2.44. The molecule has 0 bridgehead atoms. The lowest BCUT2D eigenvalue weighted by Crippen LogP contribution is -2.36. The molecule has 98 valence electrons. The Balaban J connectivity index is 1.83. The Kier molecular flexibility index (Phi) is 2.66. The highest BCUT2D eigenvalue weighted by molar-refractivity contribution is 5.92. The molecule has 1 aliphatic heterocycles. The predicted octanol–water partition coefficient (Wildman–Crippen LogP) is 0.265. The molecule has 7 heteroatoms. The lowest BCUT2D eigenvalue weighted by Gasteiger charge is -2.25. The molecule has 1 N–H and O–H groups in total. The van der Waals surface area contributed by atoms with Gasteiger partial charge in [-0.25, -0.2) is 5.10 Å². The van der Waals surface area contributed by atoms with Crippen LogP contribution in [0, 0.1) is 6.92 Å². The minimum absolute atomic E-state index is 0.222. The molecular formula is C12H12N4O3. The summed E-state index contributed by atoms with van der Waals surface area (Å²) in [5.74, 6) is 0.498. The summed E-state index contributed by atoms with van der Waals surface area (Å²) in [6, 6.07) is 2.70. The maximum absolute atomic E-state index is 12.2. The van der Waals surface area contributed by atoms with E-state index in [1.807, 2.05) is 6.92 Å². The third-order valence-corrected chi connectivity index (χ3v) is 3.22. The van der Waals surface area contributed by atoms with Gasteiger partial charge in [0.15, 0.2) is 5.76 Å². The van der Waals surface area contributed by atoms with Crippen molar-refractivity contribution in [3.05, 3.63) is 45.2 Å². The molecule has 0 fully saturated rings. The number of carbonyl (C=O) groups is 1. The van der Waals surface area contributed by atoms with Crippen molar-refractivity contribution in [2.45, 2.75) is 19.9 Å². The molecule has 0 atom stereocenters. The largest absolute Gasteiger partial charge is 0.359 e. The summed E-state index contributed by atoms with van der Waals surface area (Å²) in [5.41, 5.74) is 1.85. The summed E-state index contributed by atoms with van der Waals surface area (Å²) >= 11 is 0. The second kappa shape index (κ2) is 4.34. The van der Waals surface area contributed by atoms with Gasteiger partial charge in [0.05, 0.1) is 12.2 Å². The van der Waals surface area contributed by atoms with Crippen LogP contribution in [-0.2, 0) is 13.0 Å². The molecule has 3 heterocycles. The third kappa shape index (κ3) is 2.03. The molecular weight excluding hydrogens is 248 g/mol. The first-order valence-corrected chi connectivity index (χ1v) is 5.94. The Labute approximate surface area is 108 Å². The number of rotatable bonds is 1. The van der Waals surface area contributed by atoms with Crippen LogP contribution < -0.4 is 5.56 Å². The predicted molar refractivity (Wildman–Crippen MR) is 64.5 cm³/mol. The number of H-pyrrole nitrogens is 1. The number of nitrogens with zero attached hydrogens (tertiary/aromatic N) is 3. The van der Waals surface area contributed by atoms with E-state index in [1.165, 1.54) is 12.1 Å². The van der Waals surface area contributed by atoms with Crippen molar-refractivity contribution in [2.75, 3.05) is 6.54 Å². The van der Waals surface area contributed by atoms with E-state index in [4.69, 9.17) is 4.52 Å². The van der Waals surface area contributed by atoms with Crippen LogP contribution in [0.1, 0.15) is 27.5 Å². The summed E-state index contributed by atoms with van der Waals surface area (Å²) in [7, 11) is 0. The molecule has 0 aliphatic carbocycles. The molecule has 2 aromatic rings. The molecule has 0 saturated heterocycles. The number of aryl methyl sites for hydroxylation is 1. The first-order valence-electron chi connectivity index (χ1n) is 5.94. The average molecular weight is 260 g/mol. The van der Waals surface area contributed by atoms with Crippen LogP contribution in [0.3, 0.4) is 0 Å². The van der Waals surface area contributed by atoms with E-state index in [9.17, 15) is 9.59 Å². The molecule has 1 amide bonds. The lowest BCUT2D eigenvalue weighted by atomic mass is 10.1. The minimum atomic E-state index is -0.330. The highest BCUT2D eigenvalue weighted by Crippen LogP contribution is 2.22. The van der Waals surface area contributed by atoms with Crippen LogP contribution >= 0.6 is 0 Å². The quantitative estimate of drug-likeness (QED) is 0.794. The highest BCUT2D eigenvalue weighted by Gasteiger charge is 2.26. The summed E-state index contributed by atoms with van der Waals surface area (Å²) in [4.78, 5) is 24.8. The number of nitrogens with one attached hydrogen (secondary N) is 1. The van der Waals surface area contributed by atoms with Gasteiger partial charge in [0.1, 0.15) is 5.69 Å². The maximum atomic E-state index is 12.2. The zero-order valence-electron chi connectivity index (χ0n) is 10.3. The molecule has 0 unspecified atom stereocenters. The first-order chi connectivity index (χ1) is 9.15. The smallest absolute Gasteiger partial charge is 0.274 e. The Bertz CT molecular complexity index is 668. The van der Waals surface area contributed by atoms with Gasteiger partial charge in [-0.15, -0.1) is 0 Å². The summed E-state index contributed by atoms with van der Waals surface area (Å²) < 4.78 is 5.20. The summed E-state index contributed by atoms with van der Waals surface area (Å²) in [6.45, 7) is 2.87. The molecule has 0 saturated carbocycles. The Morgan fingerprint density at radius 1 is 1.47 bits per heavy atom. The fraction of sp³-hybridized carbons (Fsp3) is 0.333. The number of amides is 1. The van der Waals surface area contributed by atoms with Crippen molar-refractivity contribution in [2.24, 2.45) is 0 Å². The van der Waals surface area contributed by atoms with E-state index in [2.05, 4.69) is 15.4 Å². The van der Waals surface area contributed by atoms with E-state index in [-0.39, 0.29) is 17.2 Å². The lowest BCUT2D eigenvalue weighted by molar-refractivity contribution is 0.0708. The molecule has 19 heavy (non-hydrogen) atoms. The van der Waals surface area contributed by atoms with E-state index in [0.29, 0.717) is 13.1 Å². The highest BCUT2D eigenvalue weighted by atomic mass is 16.5. The van der Waals surface area contributed by atoms with E-state index < -0.39 is 0 Å². The van der Waals surface area contributed by atoms with Gasteiger partial charge in [-0.1, -0.05) is 5.16 Å². The maximum Gasteiger partial charge on any atom is 0.274 e. The van der Waals surface area contributed by atoms with Gasteiger partial charge in [-0.2, -0.15) is 5.10 Å². The molecule has 1 aliphatic rings. The van der Waals surface area contributed by atoms with Crippen molar-refractivity contribution in [1.29, 1.82) is 0 Å². The van der Waals surface area contributed by atoms with Crippen molar-refractivity contribution in [3.8, 4) is 0 Å². The van der Waals surface area contributed by atoms with Gasteiger partial charge in [0.2, 0.25) is 0 Å². The zero-order chi connectivity index (χ0) is 13.4. The number of hydrogen-bond donors (Lipinski definition) is 1. The summed E-state index contributed by atoms with van der Waals surface area (Å²) in [5, 5.41) is 9.89. The fourth-order valence-electron chi connectivity index (χ4n) is 2.18. The zero-order valence-corrected chi connectivity index (χ0v) is 10.3. The minimum Gasteiger partial charge on any atom is -0.359 e. The second-order valence-electron chi connectivity index (χ2n) is 4.45. The Morgan fingerprint density at radius 3 is 3.05 bits per heavy atom. The van der Waals surface area contributed by atoms with Crippen molar-refractivity contribution >= 4 is 5.91 Å². The second-order valence-corrected chi connectivity index (χ2v) is 4.45. The van der Waals surface area contributed by atoms with Crippen LogP contribution in [0.5, 0.6) is 0 Å². The van der Waals surface area contributed by atoms with Gasteiger partial charge in [-0.3, -0.25) is 9.59 Å². The normalized spacial score (nSPS) is 14.3. The Morgan fingerprint density at radius 2 is 2.32 bits per heavy atom. The third-order valence-electron chi connectivity index (χ3n) is 3.22. The van der Waals surface area contributed by atoms with Crippen molar-refractivity contribution in [3.63, 3.8) is 0 Å². The van der Waals surface area contributed by atoms with Crippen LogP contribution in [0.25, 0.3) is 0 Å². The van der Waals surface area contributed by atoms with Crippen LogP contribution in [0.2, 0.25) is 0 Å². The average Bonchev–Trinajstić information content (AvgIpc) is 2.80. The van der Waals surface area contributed by atoms with Crippen molar-refractivity contribution in [1.82, 2.24) is 20.3 Å².